The lowest BCUT2D eigenvalue weighted by atomic mass is 9.94. The zero-order chi connectivity index (χ0) is 22.5. The van der Waals surface area contributed by atoms with Gasteiger partial charge in [-0.2, -0.15) is 0 Å². The largest absolute Gasteiger partial charge is 0.507 e. The number of ether oxygens (including phenoxy) is 1. The van der Waals surface area contributed by atoms with E-state index in [0.717, 1.165) is 9.37 Å². The number of Topliss-reactive ketones (excluding diaryl/α,β-unsaturated/α-hetero) is 1. The summed E-state index contributed by atoms with van der Waals surface area (Å²) in [5.74, 6) is -2.26. The van der Waals surface area contributed by atoms with E-state index >= 15 is 0 Å². The molecule has 0 aromatic heterocycles. The Kier molecular flexibility index (Phi) is 7.16. The quantitative estimate of drug-likeness (QED) is 0.145. The molecule has 0 bridgehead atoms. The summed E-state index contributed by atoms with van der Waals surface area (Å²) in [4.78, 5) is 37.8. The fraction of sp³-hybridized carbons (Fsp3) is 0.238. The average Bonchev–Trinajstić information content (AvgIpc) is 3.01. The molecule has 1 saturated heterocycles. The van der Waals surface area contributed by atoms with Gasteiger partial charge in [0.05, 0.1) is 41.9 Å². The number of rotatable bonds is 8. The van der Waals surface area contributed by atoms with Crippen LogP contribution in [0.5, 0.6) is 0 Å². The van der Waals surface area contributed by atoms with Crippen molar-refractivity contribution in [2.24, 2.45) is 0 Å². The highest BCUT2D eigenvalue weighted by atomic mass is 79.9. The molecular formula is C21H19BrN2O7. The lowest BCUT2D eigenvalue weighted by Gasteiger charge is -2.25. The SMILES string of the molecule is O=C1C(=O)N(CCOCCO)C(c2ccccc2[N+](=O)[O-])C1=C(O)c1ccc(Br)cc1. The molecule has 1 unspecified atom stereocenters. The van der Waals surface area contributed by atoms with Crippen molar-refractivity contribution in [1.29, 1.82) is 0 Å². The van der Waals surface area contributed by atoms with E-state index in [-0.39, 0.29) is 43.2 Å². The van der Waals surface area contributed by atoms with Crippen molar-refractivity contribution in [2.45, 2.75) is 6.04 Å². The number of carbonyl (C=O) groups is 2. The van der Waals surface area contributed by atoms with Gasteiger partial charge in [-0.1, -0.05) is 40.2 Å². The zero-order valence-corrected chi connectivity index (χ0v) is 17.8. The molecular weight excluding hydrogens is 472 g/mol. The molecule has 1 atom stereocenters. The first-order valence-electron chi connectivity index (χ1n) is 9.33. The Bertz CT molecular complexity index is 1040. The van der Waals surface area contributed by atoms with Gasteiger partial charge in [-0.3, -0.25) is 19.7 Å². The Morgan fingerprint density at radius 1 is 1.13 bits per heavy atom. The second-order valence-electron chi connectivity index (χ2n) is 6.65. The van der Waals surface area contributed by atoms with Crippen LogP contribution in [0.1, 0.15) is 17.2 Å². The molecule has 3 rings (SSSR count). The van der Waals surface area contributed by atoms with Crippen molar-refractivity contribution in [1.82, 2.24) is 4.90 Å². The van der Waals surface area contributed by atoms with Crippen LogP contribution in [0.3, 0.4) is 0 Å². The zero-order valence-electron chi connectivity index (χ0n) is 16.2. The van der Waals surface area contributed by atoms with Crippen molar-refractivity contribution in [3.8, 4) is 0 Å². The summed E-state index contributed by atoms with van der Waals surface area (Å²) in [6.07, 6.45) is 0. The lowest BCUT2D eigenvalue weighted by Crippen LogP contribution is -2.33. The summed E-state index contributed by atoms with van der Waals surface area (Å²) >= 11 is 3.29. The van der Waals surface area contributed by atoms with Gasteiger partial charge in [0.2, 0.25) is 0 Å². The minimum absolute atomic E-state index is 0.00301. The highest BCUT2D eigenvalue weighted by Gasteiger charge is 2.47. The summed E-state index contributed by atoms with van der Waals surface area (Å²) < 4.78 is 5.96. The number of para-hydroxylation sites is 1. The van der Waals surface area contributed by atoms with Crippen LogP contribution >= 0.6 is 15.9 Å². The van der Waals surface area contributed by atoms with Gasteiger partial charge in [0, 0.05) is 22.6 Å². The van der Waals surface area contributed by atoms with Crippen LogP contribution in [0, 0.1) is 10.1 Å². The molecule has 0 saturated carbocycles. The number of carbonyl (C=O) groups excluding carboxylic acids is 2. The van der Waals surface area contributed by atoms with E-state index in [9.17, 15) is 24.8 Å². The van der Waals surface area contributed by atoms with Crippen molar-refractivity contribution in [3.05, 3.63) is 79.8 Å². The van der Waals surface area contributed by atoms with Crippen LogP contribution in [-0.2, 0) is 14.3 Å². The number of halogens is 1. The van der Waals surface area contributed by atoms with E-state index in [1.807, 2.05) is 0 Å². The Morgan fingerprint density at radius 2 is 1.81 bits per heavy atom. The van der Waals surface area contributed by atoms with Gasteiger partial charge < -0.3 is 19.8 Å². The molecule has 1 fully saturated rings. The van der Waals surface area contributed by atoms with Gasteiger partial charge in [0.25, 0.3) is 17.4 Å². The maximum Gasteiger partial charge on any atom is 0.295 e. The third-order valence-corrected chi connectivity index (χ3v) is 5.33. The van der Waals surface area contributed by atoms with Gasteiger partial charge in [-0.25, -0.2) is 0 Å². The number of hydrogen-bond acceptors (Lipinski definition) is 7. The van der Waals surface area contributed by atoms with E-state index in [0.29, 0.717) is 5.56 Å². The average molecular weight is 491 g/mol. The molecule has 1 aliphatic heterocycles. The predicted octanol–water partition coefficient (Wildman–Crippen LogP) is 2.79. The summed E-state index contributed by atoms with van der Waals surface area (Å²) in [7, 11) is 0. The van der Waals surface area contributed by atoms with Crippen LogP contribution < -0.4 is 0 Å². The summed E-state index contributed by atoms with van der Waals surface area (Å²) in [6.45, 7) is -0.226. The minimum Gasteiger partial charge on any atom is -0.507 e. The van der Waals surface area contributed by atoms with E-state index < -0.39 is 28.4 Å². The standard InChI is InChI=1S/C21H19BrN2O7/c22-14-7-5-13(6-8-14)19(26)17-18(15-3-1-2-4-16(15)24(29)30)23(21(28)20(17)27)9-11-31-12-10-25/h1-8,18,25-26H,9-12H2. The van der Waals surface area contributed by atoms with E-state index in [4.69, 9.17) is 9.84 Å². The molecule has 2 N–H and O–H groups in total. The van der Waals surface area contributed by atoms with Crippen LogP contribution in [0.25, 0.3) is 5.76 Å². The molecule has 31 heavy (non-hydrogen) atoms. The highest BCUT2D eigenvalue weighted by Crippen LogP contribution is 2.42. The minimum atomic E-state index is -1.16. The van der Waals surface area contributed by atoms with Gasteiger partial charge in [0.1, 0.15) is 5.76 Å². The number of ketones is 1. The number of likely N-dealkylation sites (tertiary alicyclic amines) is 1. The second-order valence-corrected chi connectivity index (χ2v) is 7.57. The first-order valence-corrected chi connectivity index (χ1v) is 10.1. The van der Waals surface area contributed by atoms with Crippen molar-refractivity contribution in [2.75, 3.05) is 26.4 Å². The maximum absolute atomic E-state index is 12.9. The summed E-state index contributed by atoms with van der Waals surface area (Å²) in [5.41, 5.74) is -0.116. The number of amides is 1. The molecule has 9 nitrogen and oxygen atoms in total. The molecule has 0 spiro atoms. The third-order valence-electron chi connectivity index (χ3n) is 4.80. The Hall–Kier alpha value is -3.08. The first-order chi connectivity index (χ1) is 14.9. The van der Waals surface area contributed by atoms with Crippen LogP contribution in [0.2, 0.25) is 0 Å². The van der Waals surface area contributed by atoms with Crippen molar-refractivity contribution >= 4 is 39.1 Å². The van der Waals surface area contributed by atoms with Crippen molar-refractivity contribution in [3.63, 3.8) is 0 Å². The van der Waals surface area contributed by atoms with Gasteiger partial charge in [0.15, 0.2) is 0 Å². The van der Waals surface area contributed by atoms with Gasteiger partial charge in [-0.15, -0.1) is 0 Å². The highest BCUT2D eigenvalue weighted by molar-refractivity contribution is 9.10. The van der Waals surface area contributed by atoms with E-state index in [1.165, 1.54) is 18.2 Å². The molecule has 2 aromatic rings. The number of hydrogen-bond donors (Lipinski definition) is 2. The molecule has 1 amide bonds. The Balaban J connectivity index is 2.15. The molecule has 0 aliphatic carbocycles. The molecule has 10 heteroatoms. The van der Waals surface area contributed by atoms with Gasteiger partial charge >= 0.3 is 0 Å². The molecule has 162 valence electrons. The monoisotopic (exact) mass is 490 g/mol. The fourth-order valence-electron chi connectivity index (χ4n) is 3.41. The number of nitrogens with zero attached hydrogens (tertiary/aromatic N) is 2. The summed E-state index contributed by atoms with van der Waals surface area (Å²) in [6, 6.07) is 11.0. The van der Waals surface area contributed by atoms with E-state index in [1.54, 1.807) is 30.3 Å². The molecule has 2 aromatic carbocycles. The molecule has 0 radical (unpaired) electrons. The fourth-order valence-corrected chi connectivity index (χ4v) is 3.68. The first kappa shape index (κ1) is 22.6. The van der Waals surface area contributed by atoms with Crippen LogP contribution in [-0.4, -0.2) is 58.1 Å². The number of benzene rings is 2. The molecule has 1 heterocycles. The van der Waals surface area contributed by atoms with Gasteiger partial charge in [-0.05, 0) is 18.2 Å². The number of aliphatic hydroxyl groups excluding tert-OH is 2. The second kappa shape index (κ2) is 9.82. The topological polar surface area (TPSA) is 130 Å². The number of nitro benzene ring substituents is 1. The smallest absolute Gasteiger partial charge is 0.295 e. The number of aliphatic hydroxyl groups is 2. The maximum atomic E-state index is 12.9. The summed E-state index contributed by atoms with van der Waals surface area (Å²) in [5, 5.41) is 31.4. The van der Waals surface area contributed by atoms with Crippen LogP contribution in [0.4, 0.5) is 5.69 Å². The normalized spacial score (nSPS) is 17.9. The lowest BCUT2D eigenvalue weighted by molar-refractivity contribution is -0.385. The Labute approximate surface area is 185 Å². The van der Waals surface area contributed by atoms with Crippen molar-refractivity contribution < 1.29 is 29.5 Å². The third kappa shape index (κ3) is 4.66. The van der Waals surface area contributed by atoms with E-state index in [2.05, 4.69) is 15.9 Å². The predicted molar refractivity (Wildman–Crippen MR) is 114 cm³/mol. The molecule has 1 aliphatic rings. The van der Waals surface area contributed by atoms with Crippen LogP contribution in [0.15, 0.2) is 58.6 Å². The number of nitro groups is 1. The Morgan fingerprint density at radius 3 is 2.45 bits per heavy atom.